The third-order valence-electron chi connectivity index (χ3n) is 2.51. The van der Waals surface area contributed by atoms with Crippen molar-refractivity contribution < 1.29 is 9.53 Å². The second-order valence-corrected chi connectivity index (χ2v) is 5.59. The molecule has 0 saturated heterocycles. The SMILES string of the molecule is CC(C)(C)OC(=O)c1ccnc(NCC2CC2)n1. The number of nitrogens with one attached hydrogen (secondary N) is 1. The van der Waals surface area contributed by atoms with Crippen molar-refractivity contribution in [3.8, 4) is 0 Å². The second kappa shape index (κ2) is 4.92. The van der Waals surface area contributed by atoms with E-state index in [0.29, 0.717) is 11.6 Å². The first-order valence-corrected chi connectivity index (χ1v) is 6.24. The van der Waals surface area contributed by atoms with Gasteiger partial charge >= 0.3 is 5.97 Å². The maximum Gasteiger partial charge on any atom is 0.357 e. The van der Waals surface area contributed by atoms with Crippen LogP contribution in [0.25, 0.3) is 0 Å². The van der Waals surface area contributed by atoms with Crippen molar-refractivity contribution in [1.29, 1.82) is 0 Å². The Balaban J connectivity index is 1.98. The summed E-state index contributed by atoms with van der Waals surface area (Å²) in [5, 5.41) is 3.13. The predicted octanol–water partition coefficient (Wildman–Crippen LogP) is 2.25. The van der Waals surface area contributed by atoms with Crippen LogP contribution in [0.2, 0.25) is 0 Å². The van der Waals surface area contributed by atoms with Gasteiger partial charge in [0, 0.05) is 12.7 Å². The van der Waals surface area contributed by atoms with E-state index in [1.165, 1.54) is 12.8 Å². The zero-order valence-electron chi connectivity index (χ0n) is 11.1. The molecule has 1 aromatic heterocycles. The highest BCUT2D eigenvalue weighted by Crippen LogP contribution is 2.28. The van der Waals surface area contributed by atoms with Crippen molar-refractivity contribution in [2.24, 2.45) is 5.92 Å². The van der Waals surface area contributed by atoms with Crippen LogP contribution in [-0.2, 0) is 4.74 Å². The van der Waals surface area contributed by atoms with Crippen LogP contribution < -0.4 is 5.32 Å². The van der Waals surface area contributed by atoms with Gasteiger partial charge in [-0.1, -0.05) is 0 Å². The summed E-state index contributed by atoms with van der Waals surface area (Å²) in [6, 6.07) is 1.57. The highest BCUT2D eigenvalue weighted by Gasteiger charge is 2.22. The third-order valence-corrected chi connectivity index (χ3v) is 2.51. The standard InChI is InChI=1S/C13H19N3O2/c1-13(2,3)18-11(17)10-6-7-14-12(16-10)15-8-9-4-5-9/h6-7,9H,4-5,8H2,1-3H3,(H,14,15,16). The number of nitrogens with zero attached hydrogens (tertiary/aromatic N) is 2. The first kappa shape index (κ1) is 12.8. The number of carbonyl (C=O) groups is 1. The highest BCUT2D eigenvalue weighted by molar-refractivity contribution is 5.87. The van der Waals surface area contributed by atoms with Crippen molar-refractivity contribution in [2.75, 3.05) is 11.9 Å². The molecule has 18 heavy (non-hydrogen) atoms. The molecule has 1 heterocycles. The number of carbonyl (C=O) groups excluding carboxylic acids is 1. The molecule has 1 aromatic rings. The molecule has 1 aliphatic carbocycles. The van der Waals surface area contributed by atoms with E-state index in [9.17, 15) is 4.79 Å². The van der Waals surface area contributed by atoms with E-state index in [4.69, 9.17) is 4.74 Å². The largest absolute Gasteiger partial charge is 0.455 e. The minimum atomic E-state index is -0.510. The Hall–Kier alpha value is -1.65. The fourth-order valence-electron chi connectivity index (χ4n) is 1.45. The summed E-state index contributed by atoms with van der Waals surface area (Å²) >= 11 is 0. The molecule has 2 rings (SSSR count). The molecule has 5 nitrogen and oxygen atoms in total. The summed E-state index contributed by atoms with van der Waals surface area (Å²) in [5.74, 6) is 0.809. The molecule has 0 amide bonds. The fourth-order valence-corrected chi connectivity index (χ4v) is 1.45. The molecule has 1 fully saturated rings. The van der Waals surface area contributed by atoms with E-state index < -0.39 is 11.6 Å². The monoisotopic (exact) mass is 249 g/mol. The van der Waals surface area contributed by atoms with Crippen molar-refractivity contribution in [3.05, 3.63) is 18.0 Å². The minimum Gasteiger partial charge on any atom is -0.455 e. The molecular weight excluding hydrogens is 230 g/mol. The van der Waals surface area contributed by atoms with E-state index in [0.717, 1.165) is 12.5 Å². The number of rotatable bonds is 4. The van der Waals surface area contributed by atoms with Crippen LogP contribution in [-0.4, -0.2) is 28.1 Å². The Morgan fingerprint density at radius 1 is 1.50 bits per heavy atom. The third kappa shape index (κ3) is 3.98. The lowest BCUT2D eigenvalue weighted by molar-refractivity contribution is 0.00628. The van der Waals surface area contributed by atoms with Crippen molar-refractivity contribution in [2.45, 2.75) is 39.2 Å². The van der Waals surface area contributed by atoms with E-state index in [-0.39, 0.29) is 0 Å². The van der Waals surface area contributed by atoms with Crippen LogP contribution in [0.15, 0.2) is 12.3 Å². The van der Waals surface area contributed by atoms with Gasteiger partial charge in [-0.25, -0.2) is 14.8 Å². The number of ether oxygens (including phenoxy) is 1. The van der Waals surface area contributed by atoms with Crippen molar-refractivity contribution in [1.82, 2.24) is 9.97 Å². The summed E-state index contributed by atoms with van der Waals surface area (Å²) in [7, 11) is 0. The smallest absolute Gasteiger partial charge is 0.357 e. The van der Waals surface area contributed by atoms with Gasteiger partial charge in [0.1, 0.15) is 5.60 Å². The molecule has 98 valence electrons. The van der Waals surface area contributed by atoms with Gasteiger partial charge in [0.05, 0.1) is 0 Å². The maximum absolute atomic E-state index is 11.8. The Morgan fingerprint density at radius 3 is 2.83 bits per heavy atom. The van der Waals surface area contributed by atoms with E-state index in [1.807, 2.05) is 20.8 Å². The number of hydrogen-bond acceptors (Lipinski definition) is 5. The van der Waals surface area contributed by atoms with Crippen LogP contribution in [0.3, 0.4) is 0 Å². The average Bonchev–Trinajstić information content (AvgIpc) is 3.08. The molecule has 0 atom stereocenters. The quantitative estimate of drug-likeness (QED) is 0.829. The van der Waals surface area contributed by atoms with Gasteiger partial charge in [-0.2, -0.15) is 0 Å². The molecule has 0 spiro atoms. The Labute approximate surface area is 107 Å². The van der Waals surface area contributed by atoms with Crippen LogP contribution in [0, 0.1) is 5.92 Å². The molecule has 1 saturated carbocycles. The lowest BCUT2D eigenvalue weighted by atomic mass is 10.2. The lowest BCUT2D eigenvalue weighted by Gasteiger charge is -2.19. The van der Waals surface area contributed by atoms with Gasteiger partial charge in [0.2, 0.25) is 5.95 Å². The Bertz CT molecular complexity index is 436. The van der Waals surface area contributed by atoms with Crippen LogP contribution >= 0.6 is 0 Å². The molecular formula is C13H19N3O2. The van der Waals surface area contributed by atoms with Gasteiger partial charge in [0.25, 0.3) is 0 Å². The van der Waals surface area contributed by atoms with Gasteiger partial charge in [-0.3, -0.25) is 0 Å². The Kier molecular flexibility index (Phi) is 3.50. The molecule has 1 aliphatic rings. The average molecular weight is 249 g/mol. The first-order chi connectivity index (χ1) is 8.44. The molecule has 0 aromatic carbocycles. The zero-order valence-corrected chi connectivity index (χ0v) is 11.1. The number of anilines is 1. The summed E-state index contributed by atoms with van der Waals surface area (Å²) < 4.78 is 5.26. The second-order valence-electron chi connectivity index (χ2n) is 5.59. The first-order valence-electron chi connectivity index (χ1n) is 6.24. The number of esters is 1. The topological polar surface area (TPSA) is 64.1 Å². The summed E-state index contributed by atoms with van der Waals surface area (Å²) in [5.41, 5.74) is -0.220. The normalized spacial score (nSPS) is 15.3. The molecule has 0 bridgehead atoms. The predicted molar refractivity (Wildman–Crippen MR) is 68.4 cm³/mol. The summed E-state index contributed by atoms with van der Waals surface area (Å²) in [6.45, 7) is 6.37. The van der Waals surface area contributed by atoms with Crippen LogP contribution in [0.4, 0.5) is 5.95 Å². The van der Waals surface area contributed by atoms with Crippen molar-refractivity contribution in [3.63, 3.8) is 0 Å². The molecule has 1 N–H and O–H groups in total. The number of hydrogen-bond donors (Lipinski definition) is 1. The minimum absolute atomic E-state index is 0.290. The molecule has 0 radical (unpaired) electrons. The lowest BCUT2D eigenvalue weighted by Crippen LogP contribution is -2.24. The summed E-state index contributed by atoms with van der Waals surface area (Å²) in [4.78, 5) is 20.1. The molecule has 0 unspecified atom stereocenters. The van der Waals surface area contributed by atoms with E-state index >= 15 is 0 Å². The van der Waals surface area contributed by atoms with Gasteiger partial charge in [-0.15, -0.1) is 0 Å². The van der Waals surface area contributed by atoms with Crippen LogP contribution in [0.5, 0.6) is 0 Å². The number of aromatic nitrogens is 2. The molecule has 0 aliphatic heterocycles. The van der Waals surface area contributed by atoms with Crippen LogP contribution in [0.1, 0.15) is 44.1 Å². The fraction of sp³-hybridized carbons (Fsp3) is 0.615. The maximum atomic E-state index is 11.8. The van der Waals surface area contributed by atoms with Gasteiger partial charge in [0.15, 0.2) is 5.69 Å². The van der Waals surface area contributed by atoms with E-state index in [2.05, 4.69) is 15.3 Å². The van der Waals surface area contributed by atoms with Crippen molar-refractivity contribution >= 4 is 11.9 Å². The molecule has 5 heteroatoms. The zero-order chi connectivity index (χ0) is 13.2. The Morgan fingerprint density at radius 2 is 2.22 bits per heavy atom. The van der Waals surface area contributed by atoms with Gasteiger partial charge < -0.3 is 10.1 Å². The highest BCUT2D eigenvalue weighted by atomic mass is 16.6. The van der Waals surface area contributed by atoms with E-state index in [1.54, 1.807) is 12.3 Å². The summed E-state index contributed by atoms with van der Waals surface area (Å²) in [6.07, 6.45) is 4.10. The van der Waals surface area contributed by atoms with Gasteiger partial charge in [-0.05, 0) is 45.6 Å².